The molecule has 0 bridgehead atoms. The molecule has 0 aromatic heterocycles. The number of nitrogens with one attached hydrogen (secondary N) is 3. The van der Waals surface area contributed by atoms with E-state index in [1.165, 1.54) is 23.9 Å². The highest BCUT2D eigenvalue weighted by atomic mass is 79.9. The summed E-state index contributed by atoms with van der Waals surface area (Å²) in [5.74, 6) is 0. The number of anilines is 2. The minimum absolute atomic E-state index is 0.0596. The number of halogens is 4. The van der Waals surface area contributed by atoms with E-state index in [4.69, 9.17) is 5.73 Å². The number of nitrogens with two attached hydrogens (primary N) is 1. The Morgan fingerprint density at radius 1 is 1.21 bits per heavy atom. The zero-order valence-corrected chi connectivity index (χ0v) is 17.5. The average molecular weight is 475 g/mol. The maximum Gasteiger partial charge on any atom is 0.416 e. The Morgan fingerprint density at radius 2 is 2.04 bits per heavy atom. The number of thioether (sulfide) groups is 1. The third-order valence-corrected chi connectivity index (χ3v) is 6.00. The molecule has 1 aromatic rings. The van der Waals surface area contributed by atoms with Crippen LogP contribution in [0, 0.1) is 0 Å². The summed E-state index contributed by atoms with van der Waals surface area (Å²) < 4.78 is 41.1. The van der Waals surface area contributed by atoms with Crippen LogP contribution in [0.2, 0.25) is 0 Å². The highest BCUT2D eigenvalue weighted by molar-refractivity contribution is 9.11. The molecule has 1 aliphatic carbocycles. The molecule has 1 heterocycles. The van der Waals surface area contributed by atoms with E-state index in [9.17, 15) is 13.2 Å². The van der Waals surface area contributed by atoms with Crippen molar-refractivity contribution in [3.05, 3.63) is 52.2 Å². The van der Waals surface area contributed by atoms with Gasteiger partial charge in [0.05, 0.1) is 22.2 Å². The number of hydrogen-bond acceptors (Lipinski definition) is 5. The van der Waals surface area contributed by atoms with Gasteiger partial charge in [0.25, 0.3) is 0 Å². The highest BCUT2D eigenvalue weighted by Crippen LogP contribution is 2.47. The van der Waals surface area contributed by atoms with Crippen molar-refractivity contribution in [2.45, 2.75) is 22.7 Å². The normalized spacial score (nSPS) is 18.4. The molecule has 4 nitrogen and oxygen atoms in total. The number of fused-ring (bicyclic) bond motifs is 2. The summed E-state index contributed by atoms with van der Waals surface area (Å²) >= 11 is 4.89. The predicted octanol–water partition coefficient (Wildman–Crippen LogP) is 4.67. The monoisotopic (exact) mass is 474 g/mol. The van der Waals surface area contributed by atoms with Gasteiger partial charge in [-0.05, 0) is 37.3 Å². The van der Waals surface area contributed by atoms with Crippen molar-refractivity contribution >= 4 is 39.1 Å². The lowest BCUT2D eigenvalue weighted by Crippen LogP contribution is -2.25. The number of hydrogen-bond donors (Lipinski definition) is 4. The Bertz CT molecular complexity index is 805. The van der Waals surface area contributed by atoms with Gasteiger partial charge in [-0.25, -0.2) is 0 Å². The van der Waals surface area contributed by atoms with E-state index in [1.54, 1.807) is 0 Å². The van der Waals surface area contributed by atoms with Crippen LogP contribution in [0.25, 0.3) is 0 Å². The van der Waals surface area contributed by atoms with Gasteiger partial charge in [0, 0.05) is 34.7 Å². The Balaban J connectivity index is 1.85. The summed E-state index contributed by atoms with van der Waals surface area (Å²) in [5, 5.41) is 9.62. The van der Waals surface area contributed by atoms with Crippen molar-refractivity contribution in [3.63, 3.8) is 0 Å². The molecule has 5 N–H and O–H groups in total. The Morgan fingerprint density at radius 3 is 2.79 bits per heavy atom. The fourth-order valence-electron chi connectivity index (χ4n) is 2.93. The predicted molar refractivity (Wildman–Crippen MR) is 114 cm³/mol. The largest absolute Gasteiger partial charge is 0.416 e. The zero-order valence-electron chi connectivity index (χ0n) is 15.1. The quantitative estimate of drug-likeness (QED) is 0.432. The second-order valence-corrected chi connectivity index (χ2v) is 8.51. The molecule has 0 radical (unpaired) electrons. The standard InChI is InChI=1S/C19H22BrF3N4S/c20-13-3-1-4-16-14(11-13)27-18-15(26-7-2-6-25-8-5-24)9-12(19(21,22)23)10-17(18)28-16/h1,3-4,9-11,16,25-27H,2,5-8,24H2. The van der Waals surface area contributed by atoms with E-state index in [1.807, 2.05) is 24.3 Å². The van der Waals surface area contributed by atoms with Crippen LogP contribution < -0.4 is 21.7 Å². The van der Waals surface area contributed by atoms with Crippen molar-refractivity contribution in [2.24, 2.45) is 5.73 Å². The minimum atomic E-state index is -4.39. The molecule has 2 aliphatic rings. The molecule has 0 spiro atoms. The smallest absolute Gasteiger partial charge is 0.383 e. The molecular formula is C19H22BrF3N4S. The van der Waals surface area contributed by atoms with Crippen molar-refractivity contribution < 1.29 is 13.2 Å². The van der Waals surface area contributed by atoms with Gasteiger partial charge in [-0.3, -0.25) is 0 Å². The van der Waals surface area contributed by atoms with Crippen LogP contribution in [0.4, 0.5) is 24.5 Å². The lowest BCUT2D eigenvalue weighted by atomic mass is 10.1. The van der Waals surface area contributed by atoms with E-state index in [0.717, 1.165) is 29.7 Å². The molecule has 0 saturated heterocycles. The fraction of sp³-hybridized carbons (Fsp3) is 0.368. The first-order valence-electron chi connectivity index (χ1n) is 8.97. The molecule has 0 fully saturated rings. The van der Waals surface area contributed by atoms with Crippen LogP contribution in [-0.4, -0.2) is 31.4 Å². The van der Waals surface area contributed by atoms with Crippen LogP contribution >= 0.6 is 27.7 Å². The molecule has 28 heavy (non-hydrogen) atoms. The Labute approximate surface area is 175 Å². The van der Waals surface area contributed by atoms with Gasteiger partial charge in [-0.15, -0.1) is 11.8 Å². The lowest BCUT2D eigenvalue weighted by Gasteiger charge is -2.29. The second kappa shape index (κ2) is 9.39. The molecule has 1 unspecified atom stereocenters. The molecule has 1 aromatic carbocycles. The van der Waals surface area contributed by atoms with Gasteiger partial charge >= 0.3 is 6.18 Å². The first kappa shape index (κ1) is 21.3. The molecule has 1 atom stereocenters. The maximum absolute atomic E-state index is 13.4. The SMILES string of the molecule is NCCNCCCNc1cc(C(F)(F)F)cc2c1NC1=CC(Br)=CC=CC1S2. The first-order chi connectivity index (χ1) is 13.4. The minimum Gasteiger partial charge on any atom is -0.383 e. The summed E-state index contributed by atoms with van der Waals surface area (Å²) in [6, 6.07) is 2.40. The number of benzene rings is 1. The second-order valence-electron chi connectivity index (χ2n) is 6.41. The summed E-state index contributed by atoms with van der Waals surface area (Å²) in [7, 11) is 0. The van der Waals surface area contributed by atoms with E-state index in [0.29, 0.717) is 29.4 Å². The molecule has 0 amide bonds. The maximum atomic E-state index is 13.4. The van der Waals surface area contributed by atoms with E-state index in [2.05, 4.69) is 31.9 Å². The fourth-order valence-corrected chi connectivity index (χ4v) is 4.50. The zero-order chi connectivity index (χ0) is 20.1. The summed E-state index contributed by atoms with van der Waals surface area (Å²) in [6.45, 7) is 2.60. The Hall–Kier alpha value is -1.42. The summed E-state index contributed by atoms with van der Waals surface area (Å²) in [4.78, 5) is 0.586. The summed E-state index contributed by atoms with van der Waals surface area (Å²) in [6.07, 6.45) is 4.12. The molecule has 0 saturated carbocycles. The van der Waals surface area contributed by atoms with Crippen molar-refractivity contribution in [2.75, 3.05) is 36.8 Å². The van der Waals surface area contributed by atoms with E-state index < -0.39 is 11.7 Å². The van der Waals surface area contributed by atoms with Crippen molar-refractivity contribution in [3.8, 4) is 0 Å². The van der Waals surface area contributed by atoms with Crippen LogP contribution in [0.1, 0.15) is 12.0 Å². The van der Waals surface area contributed by atoms with Crippen molar-refractivity contribution in [1.29, 1.82) is 0 Å². The number of allylic oxidation sites excluding steroid dienone is 4. The van der Waals surface area contributed by atoms with E-state index >= 15 is 0 Å². The third-order valence-electron chi connectivity index (χ3n) is 4.26. The van der Waals surface area contributed by atoms with Gasteiger partial charge in [0.15, 0.2) is 0 Å². The van der Waals surface area contributed by atoms with Crippen molar-refractivity contribution in [1.82, 2.24) is 5.32 Å². The van der Waals surface area contributed by atoms with Crippen LogP contribution in [0.15, 0.2) is 51.5 Å². The van der Waals surface area contributed by atoms with Gasteiger partial charge in [-0.1, -0.05) is 28.1 Å². The Kier molecular flexibility index (Phi) is 7.14. The average Bonchev–Trinajstić information content (AvgIpc) is 2.81. The van der Waals surface area contributed by atoms with Gasteiger partial charge < -0.3 is 21.7 Å². The lowest BCUT2D eigenvalue weighted by molar-refractivity contribution is -0.137. The number of rotatable bonds is 7. The first-order valence-corrected chi connectivity index (χ1v) is 10.6. The van der Waals surface area contributed by atoms with Gasteiger partial charge in [-0.2, -0.15) is 13.2 Å². The van der Waals surface area contributed by atoms with Crippen LogP contribution in [0.5, 0.6) is 0 Å². The molecule has 3 rings (SSSR count). The molecule has 152 valence electrons. The topological polar surface area (TPSA) is 62.1 Å². The van der Waals surface area contributed by atoms with Gasteiger partial charge in [0.2, 0.25) is 0 Å². The molecule has 9 heteroatoms. The van der Waals surface area contributed by atoms with Crippen LogP contribution in [-0.2, 0) is 6.18 Å². The van der Waals surface area contributed by atoms with Crippen LogP contribution in [0.3, 0.4) is 0 Å². The summed E-state index contributed by atoms with van der Waals surface area (Å²) in [5.41, 5.74) is 6.87. The molecular weight excluding hydrogens is 453 g/mol. The van der Waals surface area contributed by atoms with Gasteiger partial charge in [0.1, 0.15) is 0 Å². The molecule has 1 aliphatic heterocycles. The third kappa shape index (κ3) is 5.34. The number of alkyl halides is 3. The highest BCUT2D eigenvalue weighted by Gasteiger charge is 2.34. The van der Waals surface area contributed by atoms with E-state index in [-0.39, 0.29) is 5.25 Å².